The lowest BCUT2D eigenvalue weighted by Gasteiger charge is -2.16. The Hall–Kier alpha value is -1.45. The van der Waals surface area contributed by atoms with Crippen molar-refractivity contribution >= 4 is 11.2 Å². The molecule has 16 heavy (non-hydrogen) atoms. The third-order valence-corrected chi connectivity index (χ3v) is 2.53. The number of fused-ring (bicyclic) bond motifs is 1. The van der Waals surface area contributed by atoms with Crippen molar-refractivity contribution in [2.45, 2.75) is 46.0 Å². The number of hydrogen-bond acceptors (Lipinski definition) is 4. The van der Waals surface area contributed by atoms with Crippen LogP contribution in [0.4, 0.5) is 0 Å². The van der Waals surface area contributed by atoms with Crippen molar-refractivity contribution in [2.75, 3.05) is 0 Å². The minimum Gasteiger partial charge on any atom is -0.334 e. The highest BCUT2D eigenvalue weighted by Gasteiger charge is 2.20. The molecule has 0 atom stereocenters. The van der Waals surface area contributed by atoms with Crippen molar-refractivity contribution in [2.24, 2.45) is 0 Å². The monoisotopic (exact) mass is 219 g/mol. The minimum atomic E-state index is -0.00723. The van der Waals surface area contributed by atoms with E-state index in [9.17, 15) is 0 Å². The van der Waals surface area contributed by atoms with Gasteiger partial charge in [0.2, 0.25) is 0 Å². The predicted molar refractivity (Wildman–Crippen MR) is 62.4 cm³/mol. The van der Waals surface area contributed by atoms with Gasteiger partial charge in [-0.3, -0.25) is 0 Å². The molecule has 86 valence electrons. The molecule has 0 aliphatic carbocycles. The summed E-state index contributed by atoms with van der Waals surface area (Å²) in [6.07, 6.45) is 1.76. The molecule has 0 fully saturated rings. The van der Waals surface area contributed by atoms with Gasteiger partial charge in [-0.2, -0.15) is 0 Å². The molecule has 0 N–H and O–H groups in total. The molecule has 0 amide bonds. The van der Waals surface area contributed by atoms with Gasteiger partial charge in [-0.05, 0) is 0 Å². The predicted octanol–water partition coefficient (Wildman–Crippen LogP) is 3.04. The Bertz CT molecular complexity index is 508. The zero-order valence-electron chi connectivity index (χ0n) is 10.4. The first-order valence-corrected chi connectivity index (χ1v) is 5.52. The lowest BCUT2D eigenvalue weighted by molar-refractivity contribution is 0.434. The number of hydrogen-bond donors (Lipinski definition) is 0. The normalized spacial score (nSPS) is 12.6. The van der Waals surface area contributed by atoms with Gasteiger partial charge < -0.3 is 4.52 Å². The fraction of sp³-hybridized carbons (Fsp3) is 0.583. The quantitative estimate of drug-likeness (QED) is 0.739. The molecule has 2 rings (SSSR count). The Morgan fingerprint density at radius 1 is 1.25 bits per heavy atom. The van der Waals surface area contributed by atoms with Crippen LogP contribution in [0.25, 0.3) is 11.2 Å². The summed E-state index contributed by atoms with van der Waals surface area (Å²) in [4.78, 5) is 8.87. The minimum absolute atomic E-state index is 0.00723. The lowest BCUT2D eigenvalue weighted by Crippen LogP contribution is -2.14. The fourth-order valence-corrected chi connectivity index (χ4v) is 1.49. The molecule has 0 aliphatic heterocycles. The largest absolute Gasteiger partial charge is 0.334 e. The van der Waals surface area contributed by atoms with Crippen LogP contribution in [0, 0.1) is 0 Å². The van der Waals surface area contributed by atoms with Crippen molar-refractivity contribution in [3.63, 3.8) is 0 Å². The maximum absolute atomic E-state index is 5.15. The van der Waals surface area contributed by atoms with Crippen LogP contribution >= 0.6 is 0 Å². The van der Waals surface area contributed by atoms with E-state index in [4.69, 9.17) is 4.52 Å². The smallest absolute Gasteiger partial charge is 0.276 e. The van der Waals surface area contributed by atoms with Crippen molar-refractivity contribution < 1.29 is 4.52 Å². The molecule has 0 unspecified atom stereocenters. The third-order valence-electron chi connectivity index (χ3n) is 2.53. The summed E-state index contributed by atoms with van der Waals surface area (Å²) in [5, 5.41) is 4.02. The van der Waals surface area contributed by atoms with Crippen LogP contribution in [0.3, 0.4) is 0 Å². The number of rotatable bonds is 1. The summed E-state index contributed by atoms with van der Waals surface area (Å²) in [6.45, 7) is 10.5. The van der Waals surface area contributed by atoms with Gasteiger partial charge in [0.15, 0.2) is 5.52 Å². The molecular weight excluding hydrogens is 202 g/mol. The Kier molecular flexibility index (Phi) is 2.45. The second-order valence-electron chi connectivity index (χ2n) is 5.38. The van der Waals surface area contributed by atoms with Crippen LogP contribution in [-0.4, -0.2) is 15.1 Å². The molecule has 0 radical (unpaired) electrons. The van der Waals surface area contributed by atoms with Crippen LogP contribution < -0.4 is 0 Å². The second-order valence-corrected chi connectivity index (χ2v) is 5.38. The van der Waals surface area contributed by atoms with E-state index in [-0.39, 0.29) is 5.41 Å². The Morgan fingerprint density at radius 2 is 1.94 bits per heavy atom. The van der Waals surface area contributed by atoms with E-state index in [0.717, 1.165) is 16.9 Å². The maximum Gasteiger partial charge on any atom is 0.276 e. The van der Waals surface area contributed by atoms with E-state index < -0.39 is 0 Å². The zero-order chi connectivity index (χ0) is 11.9. The van der Waals surface area contributed by atoms with E-state index in [0.29, 0.717) is 11.6 Å². The van der Waals surface area contributed by atoms with Gasteiger partial charge in [-0.15, -0.1) is 0 Å². The van der Waals surface area contributed by atoms with Gasteiger partial charge in [-0.25, -0.2) is 9.97 Å². The van der Waals surface area contributed by atoms with E-state index in [1.807, 2.05) is 0 Å². The van der Waals surface area contributed by atoms with E-state index in [1.165, 1.54) is 0 Å². The first-order chi connectivity index (χ1) is 7.39. The second kappa shape index (κ2) is 3.54. The van der Waals surface area contributed by atoms with E-state index in [2.05, 4.69) is 49.7 Å². The summed E-state index contributed by atoms with van der Waals surface area (Å²) in [5.41, 5.74) is 3.16. The molecule has 2 aromatic heterocycles. The molecule has 4 heteroatoms. The van der Waals surface area contributed by atoms with Gasteiger partial charge in [0.25, 0.3) is 5.71 Å². The van der Waals surface area contributed by atoms with Crippen LogP contribution in [0.2, 0.25) is 0 Å². The number of nitrogens with zero attached hydrogens (tertiary/aromatic N) is 3. The van der Waals surface area contributed by atoms with Gasteiger partial charge in [-0.1, -0.05) is 39.8 Å². The highest BCUT2D eigenvalue weighted by atomic mass is 16.5. The zero-order valence-corrected chi connectivity index (χ0v) is 10.4. The molecule has 4 nitrogen and oxygen atoms in total. The third kappa shape index (κ3) is 1.79. The average Bonchev–Trinajstić information content (AvgIpc) is 2.58. The molecule has 0 bridgehead atoms. The molecule has 0 aromatic carbocycles. The molecule has 0 saturated heterocycles. The first kappa shape index (κ1) is 11.0. The number of aromatic nitrogens is 3. The van der Waals surface area contributed by atoms with Crippen LogP contribution in [0.1, 0.15) is 51.9 Å². The average molecular weight is 219 g/mol. The van der Waals surface area contributed by atoms with Gasteiger partial charge in [0, 0.05) is 11.3 Å². The van der Waals surface area contributed by atoms with Crippen LogP contribution in [0.5, 0.6) is 0 Å². The first-order valence-electron chi connectivity index (χ1n) is 5.52. The summed E-state index contributed by atoms with van der Waals surface area (Å²) >= 11 is 0. The Labute approximate surface area is 95.1 Å². The summed E-state index contributed by atoms with van der Waals surface area (Å²) in [6, 6.07) is 0. The summed E-state index contributed by atoms with van der Waals surface area (Å²) in [5.74, 6) is 0.297. The SMILES string of the molecule is CC(C)c1noc2ncc(C(C)(C)C)nc12. The van der Waals surface area contributed by atoms with Gasteiger partial charge in [0.05, 0.1) is 11.9 Å². The highest BCUT2D eigenvalue weighted by molar-refractivity contribution is 5.71. The Balaban J connectivity index is 2.63. The molecule has 0 saturated carbocycles. The van der Waals surface area contributed by atoms with Gasteiger partial charge >= 0.3 is 0 Å². The Morgan fingerprint density at radius 3 is 2.50 bits per heavy atom. The van der Waals surface area contributed by atoms with Crippen molar-refractivity contribution in [3.8, 4) is 0 Å². The van der Waals surface area contributed by atoms with Crippen molar-refractivity contribution in [1.82, 2.24) is 15.1 Å². The van der Waals surface area contributed by atoms with Crippen molar-refractivity contribution in [1.29, 1.82) is 0 Å². The molecular formula is C12H17N3O. The van der Waals surface area contributed by atoms with Crippen molar-refractivity contribution in [3.05, 3.63) is 17.6 Å². The molecule has 0 aliphatic rings. The summed E-state index contributed by atoms with van der Waals surface area (Å²) in [7, 11) is 0. The maximum atomic E-state index is 5.15. The van der Waals surface area contributed by atoms with Gasteiger partial charge in [0.1, 0.15) is 5.69 Å². The van der Waals surface area contributed by atoms with Crippen LogP contribution in [-0.2, 0) is 5.41 Å². The standard InChI is InChI=1S/C12H17N3O/c1-7(2)9-10-11(16-15-9)13-6-8(14-10)12(3,4)5/h6-7H,1-5H3. The van der Waals surface area contributed by atoms with E-state index >= 15 is 0 Å². The topological polar surface area (TPSA) is 51.8 Å². The molecule has 2 aromatic rings. The molecule has 0 spiro atoms. The molecule has 2 heterocycles. The van der Waals surface area contributed by atoms with E-state index in [1.54, 1.807) is 6.20 Å². The lowest BCUT2D eigenvalue weighted by atomic mass is 9.92. The highest BCUT2D eigenvalue weighted by Crippen LogP contribution is 2.25. The summed E-state index contributed by atoms with van der Waals surface area (Å²) < 4.78 is 5.15. The van der Waals surface area contributed by atoms with Crippen LogP contribution in [0.15, 0.2) is 10.7 Å². The fourth-order valence-electron chi connectivity index (χ4n) is 1.49.